The largest absolute Gasteiger partial charge is 0.379 e. The van der Waals surface area contributed by atoms with Crippen molar-refractivity contribution < 1.29 is 4.74 Å². The minimum absolute atomic E-state index is 0.290. The Morgan fingerprint density at radius 2 is 1.95 bits per heavy atom. The average molecular weight is 312 g/mol. The Morgan fingerprint density at radius 1 is 1.24 bits per heavy atom. The Hall–Kier alpha value is -1.26. The van der Waals surface area contributed by atoms with Crippen LogP contribution < -0.4 is 10.6 Å². The maximum atomic E-state index is 6.13. The van der Waals surface area contributed by atoms with Gasteiger partial charge in [0.05, 0.1) is 6.10 Å². The van der Waals surface area contributed by atoms with E-state index in [-0.39, 0.29) is 6.10 Å². The van der Waals surface area contributed by atoms with Crippen molar-refractivity contribution in [2.24, 2.45) is 4.99 Å². The lowest BCUT2D eigenvalue weighted by molar-refractivity contribution is 0.0776. The van der Waals surface area contributed by atoms with Gasteiger partial charge in [0.2, 0.25) is 0 Å². The lowest BCUT2D eigenvalue weighted by Gasteiger charge is -2.13. The van der Waals surface area contributed by atoms with Crippen molar-refractivity contribution in [3.8, 4) is 0 Å². The summed E-state index contributed by atoms with van der Waals surface area (Å²) in [6, 6.07) is 7.91. The van der Waals surface area contributed by atoms with Gasteiger partial charge in [0, 0.05) is 31.8 Å². The first-order valence-electron chi connectivity index (χ1n) is 7.43. The lowest BCUT2D eigenvalue weighted by Crippen LogP contribution is -2.39. The molecule has 0 bridgehead atoms. The Morgan fingerprint density at radius 3 is 2.62 bits per heavy atom. The van der Waals surface area contributed by atoms with Gasteiger partial charge in [-0.1, -0.05) is 29.8 Å². The van der Waals surface area contributed by atoms with Gasteiger partial charge in [0.25, 0.3) is 0 Å². The van der Waals surface area contributed by atoms with Crippen LogP contribution in [-0.4, -0.2) is 38.8 Å². The van der Waals surface area contributed by atoms with E-state index in [1.54, 1.807) is 7.05 Å². The molecule has 1 aromatic carbocycles. The summed E-state index contributed by atoms with van der Waals surface area (Å²) in [7, 11) is 1.77. The van der Waals surface area contributed by atoms with E-state index >= 15 is 0 Å². The normalized spacial score (nSPS) is 11.8. The smallest absolute Gasteiger partial charge is 0.190 e. The predicted octanol–water partition coefficient (Wildman–Crippen LogP) is 2.86. The fourth-order valence-corrected chi connectivity index (χ4v) is 2.07. The molecule has 4 nitrogen and oxygen atoms in total. The molecule has 1 aromatic rings. The first kappa shape index (κ1) is 17.8. The highest BCUT2D eigenvalue weighted by molar-refractivity contribution is 6.31. The van der Waals surface area contributed by atoms with Crippen molar-refractivity contribution in [3.05, 3.63) is 34.9 Å². The summed E-state index contributed by atoms with van der Waals surface area (Å²) in [5.74, 6) is 0.812. The van der Waals surface area contributed by atoms with Crippen molar-refractivity contribution in [2.45, 2.75) is 32.8 Å². The lowest BCUT2D eigenvalue weighted by atomic mass is 10.1. The van der Waals surface area contributed by atoms with Gasteiger partial charge in [-0.25, -0.2) is 0 Å². The van der Waals surface area contributed by atoms with Crippen molar-refractivity contribution in [1.29, 1.82) is 0 Å². The second-order valence-corrected chi connectivity index (χ2v) is 5.45. The van der Waals surface area contributed by atoms with Gasteiger partial charge in [-0.15, -0.1) is 0 Å². The number of aliphatic imine (C=N–C) groups is 1. The predicted molar refractivity (Wildman–Crippen MR) is 90.2 cm³/mol. The minimum Gasteiger partial charge on any atom is -0.379 e. The molecule has 0 fully saturated rings. The van der Waals surface area contributed by atoms with Crippen LogP contribution in [0.15, 0.2) is 29.3 Å². The molecule has 0 aliphatic rings. The topological polar surface area (TPSA) is 45.7 Å². The van der Waals surface area contributed by atoms with Gasteiger partial charge >= 0.3 is 0 Å². The molecule has 5 heteroatoms. The van der Waals surface area contributed by atoms with Crippen LogP contribution in [-0.2, 0) is 11.2 Å². The van der Waals surface area contributed by atoms with Crippen LogP contribution in [0.1, 0.15) is 25.8 Å². The van der Waals surface area contributed by atoms with Gasteiger partial charge in [-0.05, 0) is 38.3 Å². The highest BCUT2D eigenvalue weighted by atomic mass is 35.5. The van der Waals surface area contributed by atoms with E-state index in [1.165, 1.54) is 0 Å². The number of hydrogen-bond acceptors (Lipinski definition) is 2. The number of hydrogen-bond donors (Lipinski definition) is 2. The Kier molecular flexibility index (Phi) is 8.87. The minimum atomic E-state index is 0.290. The van der Waals surface area contributed by atoms with E-state index in [9.17, 15) is 0 Å². The van der Waals surface area contributed by atoms with Crippen LogP contribution in [0, 0.1) is 0 Å². The Balaban J connectivity index is 2.18. The molecule has 0 unspecified atom stereocenters. The monoisotopic (exact) mass is 311 g/mol. The van der Waals surface area contributed by atoms with E-state index in [0.717, 1.165) is 49.1 Å². The van der Waals surface area contributed by atoms with Gasteiger partial charge in [-0.2, -0.15) is 0 Å². The van der Waals surface area contributed by atoms with Crippen LogP contribution in [0.3, 0.4) is 0 Å². The third-order valence-corrected chi connectivity index (χ3v) is 3.30. The fraction of sp³-hybridized carbons (Fsp3) is 0.562. The molecule has 0 radical (unpaired) electrons. The highest BCUT2D eigenvalue weighted by Gasteiger charge is 2.01. The maximum Gasteiger partial charge on any atom is 0.190 e. The standard InChI is InChI=1S/C16H26ClN3O/c1-13(2)21-12-6-10-19-16(18-3)20-11-9-14-7-4-5-8-15(14)17/h4-5,7-8,13H,6,9-12H2,1-3H3,(H2,18,19,20). The third kappa shape index (κ3) is 7.93. The van der Waals surface area contributed by atoms with Crippen molar-refractivity contribution >= 4 is 17.6 Å². The summed E-state index contributed by atoms with van der Waals surface area (Å²) < 4.78 is 5.49. The molecule has 0 saturated heterocycles. The molecule has 2 N–H and O–H groups in total. The van der Waals surface area contributed by atoms with Crippen molar-refractivity contribution in [2.75, 3.05) is 26.7 Å². The number of rotatable bonds is 8. The summed E-state index contributed by atoms with van der Waals surface area (Å²) >= 11 is 6.13. The first-order chi connectivity index (χ1) is 10.1. The molecule has 0 atom stereocenters. The van der Waals surface area contributed by atoms with Crippen LogP contribution in [0.25, 0.3) is 0 Å². The summed E-state index contributed by atoms with van der Waals surface area (Å²) in [5.41, 5.74) is 1.15. The molecule has 0 aliphatic heterocycles. The zero-order valence-corrected chi connectivity index (χ0v) is 13.9. The fourth-order valence-electron chi connectivity index (χ4n) is 1.84. The summed E-state index contributed by atoms with van der Waals surface area (Å²) in [4.78, 5) is 4.20. The summed E-state index contributed by atoms with van der Waals surface area (Å²) in [6.45, 7) is 6.50. The molecule has 0 heterocycles. The molecule has 0 amide bonds. The molecule has 0 spiro atoms. The van der Waals surface area contributed by atoms with E-state index in [4.69, 9.17) is 16.3 Å². The summed E-state index contributed by atoms with van der Waals surface area (Å²) in [6.07, 6.45) is 2.12. The Bertz CT molecular complexity index is 435. The van der Waals surface area contributed by atoms with Crippen LogP contribution >= 0.6 is 11.6 Å². The molecule has 21 heavy (non-hydrogen) atoms. The van der Waals surface area contributed by atoms with Crippen LogP contribution in [0.4, 0.5) is 0 Å². The zero-order valence-electron chi connectivity index (χ0n) is 13.2. The van der Waals surface area contributed by atoms with Gasteiger partial charge in [-0.3, -0.25) is 4.99 Å². The zero-order chi connectivity index (χ0) is 15.5. The number of guanidine groups is 1. The van der Waals surface area contributed by atoms with Crippen LogP contribution in [0.2, 0.25) is 5.02 Å². The van der Waals surface area contributed by atoms with Crippen molar-refractivity contribution in [1.82, 2.24) is 10.6 Å². The number of benzene rings is 1. The van der Waals surface area contributed by atoms with E-state index < -0.39 is 0 Å². The molecule has 0 aromatic heterocycles. The van der Waals surface area contributed by atoms with E-state index in [0.29, 0.717) is 0 Å². The summed E-state index contributed by atoms with van der Waals surface area (Å²) in [5, 5.41) is 7.37. The number of nitrogens with zero attached hydrogens (tertiary/aromatic N) is 1. The third-order valence-electron chi connectivity index (χ3n) is 2.93. The molecular formula is C16H26ClN3O. The second-order valence-electron chi connectivity index (χ2n) is 5.04. The average Bonchev–Trinajstić information content (AvgIpc) is 2.46. The Labute approximate surface area is 132 Å². The van der Waals surface area contributed by atoms with Gasteiger partial charge in [0.15, 0.2) is 5.96 Å². The van der Waals surface area contributed by atoms with Gasteiger partial charge < -0.3 is 15.4 Å². The van der Waals surface area contributed by atoms with Crippen LogP contribution in [0.5, 0.6) is 0 Å². The SMILES string of the molecule is CN=C(NCCCOC(C)C)NCCc1ccccc1Cl. The molecular weight excluding hydrogens is 286 g/mol. The van der Waals surface area contributed by atoms with Gasteiger partial charge in [0.1, 0.15) is 0 Å². The van der Waals surface area contributed by atoms with Crippen molar-refractivity contribution in [3.63, 3.8) is 0 Å². The van der Waals surface area contributed by atoms with E-state index in [1.807, 2.05) is 38.1 Å². The molecule has 118 valence electrons. The molecule has 1 rings (SSSR count). The second kappa shape index (κ2) is 10.5. The molecule has 0 saturated carbocycles. The first-order valence-corrected chi connectivity index (χ1v) is 7.80. The number of halogens is 1. The quantitative estimate of drug-likeness (QED) is 0.441. The maximum absolute atomic E-state index is 6.13. The number of nitrogens with one attached hydrogen (secondary N) is 2. The molecule has 0 aliphatic carbocycles. The van der Waals surface area contributed by atoms with E-state index in [2.05, 4.69) is 15.6 Å². The highest BCUT2D eigenvalue weighted by Crippen LogP contribution is 2.14. The number of ether oxygens (including phenoxy) is 1.